The number of piperidine rings is 1. The van der Waals surface area contributed by atoms with Crippen LogP contribution in [0.5, 0.6) is 0 Å². The number of amides is 2. The van der Waals surface area contributed by atoms with Gasteiger partial charge in [-0.3, -0.25) is 9.69 Å². The van der Waals surface area contributed by atoms with Gasteiger partial charge in [0.2, 0.25) is 0 Å². The van der Waals surface area contributed by atoms with Crippen LogP contribution in [0, 0.1) is 30.1 Å². The van der Waals surface area contributed by atoms with Crippen molar-refractivity contribution >= 4 is 19.1 Å². The highest BCUT2D eigenvalue weighted by atomic mass is 16.5. The maximum atomic E-state index is 13.4. The fourth-order valence-electron chi connectivity index (χ4n) is 5.46. The lowest BCUT2D eigenvalue weighted by Crippen LogP contribution is -2.50. The average Bonchev–Trinajstić information content (AvgIpc) is 3.58. The number of hydrogen-bond acceptors (Lipinski definition) is 8. The zero-order valence-electron chi connectivity index (χ0n) is 22.3. The summed E-state index contributed by atoms with van der Waals surface area (Å²) in [6.07, 6.45) is 2.13. The van der Waals surface area contributed by atoms with Crippen molar-refractivity contribution in [2.45, 2.75) is 51.1 Å². The molecule has 0 unspecified atom stereocenters. The minimum atomic E-state index is -1.76. The number of morpholine rings is 1. The number of nitriles is 1. The van der Waals surface area contributed by atoms with Gasteiger partial charge in [0, 0.05) is 25.2 Å². The lowest BCUT2D eigenvalue weighted by atomic mass is 9.76. The highest BCUT2D eigenvalue weighted by molar-refractivity contribution is 6.43. The number of fused-ring (bicyclic) bond motifs is 1. The highest BCUT2D eigenvalue weighted by Crippen LogP contribution is 2.50. The first-order valence-electron chi connectivity index (χ1n) is 13.2. The molecule has 0 radical (unpaired) electrons. The Morgan fingerprint density at radius 3 is 2.61 bits per heavy atom. The van der Waals surface area contributed by atoms with Crippen molar-refractivity contribution in [2.75, 3.05) is 39.5 Å². The first-order valence-corrected chi connectivity index (χ1v) is 13.2. The fraction of sp³-hybridized carbons (Fsp3) is 0.593. The summed E-state index contributed by atoms with van der Waals surface area (Å²) >= 11 is 0. The van der Waals surface area contributed by atoms with Crippen LogP contribution in [0.2, 0.25) is 0 Å². The van der Waals surface area contributed by atoms with Crippen molar-refractivity contribution in [1.82, 2.24) is 15.1 Å². The van der Waals surface area contributed by atoms with E-state index in [-0.39, 0.29) is 36.5 Å². The maximum absolute atomic E-state index is 13.4. The van der Waals surface area contributed by atoms with Gasteiger partial charge in [-0.1, -0.05) is 29.8 Å². The number of alkyl carbamates (subject to hydrolysis) is 1. The molecule has 204 valence electrons. The molecule has 1 aromatic carbocycles. The van der Waals surface area contributed by atoms with E-state index in [0.717, 1.165) is 30.6 Å². The van der Waals surface area contributed by atoms with Crippen LogP contribution in [-0.2, 0) is 20.7 Å². The van der Waals surface area contributed by atoms with Crippen LogP contribution in [0.25, 0.3) is 0 Å². The van der Waals surface area contributed by atoms with Crippen molar-refractivity contribution in [3.05, 3.63) is 47.0 Å². The zero-order valence-corrected chi connectivity index (χ0v) is 22.3. The van der Waals surface area contributed by atoms with Crippen LogP contribution in [0.3, 0.4) is 0 Å². The number of nitrogens with zero attached hydrogens (tertiary/aromatic N) is 3. The van der Waals surface area contributed by atoms with Crippen LogP contribution >= 0.6 is 0 Å². The molecule has 2 heterocycles. The van der Waals surface area contributed by atoms with E-state index in [9.17, 15) is 24.9 Å². The highest BCUT2D eigenvalue weighted by Gasteiger charge is 2.54. The molecule has 0 aromatic heterocycles. The summed E-state index contributed by atoms with van der Waals surface area (Å²) in [6.45, 7) is 9.11. The number of hydrogen-bond donors (Lipinski definition) is 3. The van der Waals surface area contributed by atoms with Gasteiger partial charge in [-0.15, -0.1) is 0 Å². The second kappa shape index (κ2) is 11.9. The molecule has 1 aromatic rings. The molecular formula is C27H37BN4O6. The van der Waals surface area contributed by atoms with Crippen molar-refractivity contribution < 1.29 is 29.1 Å². The fourth-order valence-corrected chi connectivity index (χ4v) is 5.46. The van der Waals surface area contributed by atoms with Gasteiger partial charge in [-0.25, -0.2) is 4.79 Å². The standard InChI is InChI=1S/C27H37BN4O6/c1-18-4-6-19(7-5-18)12-24(28(35)36)30-26(34)38-17-23-22-13-20(22)16-32(23)25(33)21(15-29)14-27(2,3)31-8-10-37-11-9-31/h4-7,14,20,22-24,35-36H,8-13,16-17H2,1-3H3,(H,30,34)/t20-,22-,23-,24-/m0/s1. The Bertz CT molecular complexity index is 1080. The second-order valence-corrected chi connectivity index (χ2v) is 11.1. The van der Waals surface area contributed by atoms with Crippen molar-refractivity contribution in [3.63, 3.8) is 0 Å². The van der Waals surface area contributed by atoms with Crippen LogP contribution in [0.15, 0.2) is 35.9 Å². The topological polar surface area (TPSA) is 135 Å². The minimum absolute atomic E-state index is 0.0247. The molecule has 1 saturated carbocycles. The van der Waals surface area contributed by atoms with E-state index in [4.69, 9.17) is 9.47 Å². The van der Waals surface area contributed by atoms with E-state index < -0.39 is 24.7 Å². The Labute approximate surface area is 224 Å². The van der Waals surface area contributed by atoms with Crippen LogP contribution in [0.4, 0.5) is 4.79 Å². The predicted molar refractivity (Wildman–Crippen MR) is 141 cm³/mol. The third-order valence-corrected chi connectivity index (χ3v) is 7.86. The molecule has 3 N–H and O–H groups in total. The Kier molecular flexibility index (Phi) is 8.78. The molecule has 2 saturated heterocycles. The first kappa shape index (κ1) is 28.1. The van der Waals surface area contributed by atoms with Crippen LogP contribution in [-0.4, -0.2) is 95.9 Å². The van der Waals surface area contributed by atoms with E-state index in [0.29, 0.717) is 25.7 Å². The number of likely N-dealkylation sites (tertiary alicyclic amines) is 1. The summed E-state index contributed by atoms with van der Waals surface area (Å²) in [5, 5.41) is 31.9. The van der Waals surface area contributed by atoms with Gasteiger partial charge in [0.05, 0.1) is 25.2 Å². The number of nitrogens with one attached hydrogen (secondary N) is 1. The smallest absolute Gasteiger partial charge is 0.447 e. The van der Waals surface area contributed by atoms with Gasteiger partial charge >= 0.3 is 13.2 Å². The largest absolute Gasteiger partial charge is 0.475 e. The maximum Gasteiger partial charge on any atom is 0.475 e. The molecule has 3 fully saturated rings. The lowest BCUT2D eigenvalue weighted by molar-refractivity contribution is -0.129. The molecule has 2 amide bonds. The Morgan fingerprint density at radius 1 is 1.29 bits per heavy atom. The molecule has 4 atom stereocenters. The number of ether oxygens (including phenoxy) is 2. The Morgan fingerprint density at radius 2 is 1.97 bits per heavy atom. The van der Waals surface area contributed by atoms with Gasteiger partial charge in [0.25, 0.3) is 5.91 Å². The summed E-state index contributed by atoms with van der Waals surface area (Å²) in [6, 6.07) is 9.33. The van der Waals surface area contributed by atoms with Crippen molar-refractivity contribution in [1.29, 1.82) is 5.26 Å². The zero-order chi connectivity index (χ0) is 27.4. The van der Waals surface area contributed by atoms with Gasteiger partial charge in [0.15, 0.2) is 0 Å². The average molecular weight is 524 g/mol. The van der Waals surface area contributed by atoms with E-state index >= 15 is 0 Å². The van der Waals surface area contributed by atoms with E-state index in [1.807, 2.05) is 45.0 Å². The molecule has 11 heteroatoms. The molecule has 38 heavy (non-hydrogen) atoms. The second-order valence-electron chi connectivity index (χ2n) is 11.1. The van der Waals surface area contributed by atoms with E-state index in [2.05, 4.69) is 16.3 Å². The molecule has 4 rings (SSSR count). The molecule has 2 aliphatic heterocycles. The van der Waals surface area contributed by atoms with Crippen molar-refractivity contribution in [3.8, 4) is 6.07 Å². The normalized spacial score (nSPS) is 24.3. The third kappa shape index (κ3) is 6.74. The van der Waals surface area contributed by atoms with Crippen molar-refractivity contribution in [2.24, 2.45) is 11.8 Å². The molecule has 10 nitrogen and oxygen atoms in total. The van der Waals surface area contributed by atoms with Gasteiger partial charge in [0.1, 0.15) is 18.2 Å². The van der Waals surface area contributed by atoms with Gasteiger partial charge in [-0.05, 0) is 57.1 Å². The number of carbonyl (C=O) groups is 2. The summed E-state index contributed by atoms with van der Waals surface area (Å²) < 4.78 is 10.9. The van der Waals surface area contributed by atoms with E-state index in [1.54, 1.807) is 11.0 Å². The summed E-state index contributed by atoms with van der Waals surface area (Å²) in [7, 11) is -1.76. The van der Waals surface area contributed by atoms with Gasteiger partial charge < -0.3 is 29.7 Å². The van der Waals surface area contributed by atoms with Gasteiger partial charge in [-0.2, -0.15) is 5.26 Å². The number of carbonyl (C=O) groups excluding carboxylic acids is 2. The lowest BCUT2D eigenvalue weighted by Gasteiger charge is -2.39. The predicted octanol–water partition coefficient (Wildman–Crippen LogP) is 1.05. The SMILES string of the molecule is Cc1ccc(C[C@H](NC(=O)OC[C@H]2[C@H]3C[C@H]3CN2C(=O)C(C#N)=CC(C)(C)N2CCOCC2)B(O)O)cc1. The summed E-state index contributed by atoms with van der Waals surface area (Å²) in [5.74, 6) is -0.726. The quantitative estimate of drug-likeness (QED) is 0.248. The Balaban J connectivity index is 1.36. The minimum Gasteiger partial charge on any atom is -0.447 e. The third-order valence-electron chi connectivity index (χ3n) is 7.86. The van der Waals surface area contributed by atoms with Crippen LogP contribution in [0.1, 0.15) is 31.4 Å². The molecule has 1 aliphatic carbocycles. The monoisotopic (exact) mass is 524 g/mol. The first-order chi connectivity index (χ1) is 18.1. The molecule has 0 spiro atoms. The summed E-state index contributed by atoms with van der Waals surface area (Å²) in [5.41, 5.74) is 1.52. The molecular weight excluding hydrogens is 487 g/mol. The Hall–Kier alpha value is -2.91. The number of benzene rings is 1. The summed E-state index contributed by atoms with van der Waals surface area (Å²) in [4.78, 5) is 29.8. The molecule has 0 bridgehead atoms. The number of aryl methyl sites for hydroxylation is 1. The number of rotatable bonds is 9. The van der Waals surface area contributed by atoms with Crippen LogP contribution < -0.4 is 5.32 Å². The van der Waals surface area contributed by atoms with E-state index in [1.165, 1.54) is 0 Å². The molecule has 3 aliphatic rings.